The lowest BCUT2D eigenvalue weighted by molar-refractivity contribution is 0.392. The molecular weight excluding hydrogens is 254 g/mol. The van der Waals surface area contributed by atoms with E-state index in [4.69, 9.17) is 4.42 Å². The molecule has 2 rings (SSSR count). The average Bonchev–Trinajstić information content (AvgIpc) is 2.85. The van der Waals surface area contributed by atoms with Crippen molar-refractivity contribution in [1.29, 1.82) is 0 Å². The number of thioether (sulfide) groups is 1. The van der Waals surface area contributed by atoms with Crippen molar-refractivity contribution in [1.82, 2.24) is 5.32 Å². The van der Waals surface area contributed by atoms with Crippen molar-refractivity contribution in [3.8, 4) is 0 Å². The zero-order valence-corrected chi connectivity index (χ0v) is 12.8. The van der Waals surface area contributed by atoms with Crippen molar-refractivity contribution in [3.63, 3.8) is 0 Å². The molecule has 1 N–H and O–H groups in total. The van der Waals surface area contributed by atoms with E-state index in [1.165, 1.54) is 10.5 Å². The molecule has 1 heterocycles. The van der Waals surface area contributed by atoms with Gasteiger partial charge < -0.3 is 9.73 Å². The van der Waals surface area contributed by atoms with E-state index in [2.05, 4.69) is 49.7 Å². The highest BCUT2D eigenvalue weighted by atomic mass is 32.2. The summed E-state index contributed by atoms with van der Waals surface area (Å²) < 4.78 is 5.65. The van der Waals surface area contributed by atoms with Crippen LogP contribution in [0.1, 0.15) is 43.0 Å². The second kappa shape index (κ2) is 6.31. The van der Waals surface area contributed by atoms with Gasteiger partial charge in [0.2, 0.25) is 0 Å². The van der Waals surface area contributed by atoms with Gasteiger partial charge >= 0.3 is 0 Å². The Morgan fingerprint density at radius 2 is 1.68 bits per heavy atom. The number of nitrogens with one attached hydrogen (secondary N) is 1. The molecule has 0 saturated heterocycles. The maximum absolute atomic E-state index is 5.65. The van der Waals surface area contributed by atoms with Gasteiger partial charge in [0.15, 0.2) is 0 Å². The maximum Gasteiger partial charge on any atom is 0.120 e. The van der Waals surface area contributed by atoms with Gasteiger partial charge in [-0.3, -0.25) is 0 Å². The van der Waals surface area contributed by atoms with Crippen LogP contribution in [0, 0.1) is 6.92 Å². The van der Waals surface area contributed by atoms with Crippen molar-refractivity contribution < 1.29 is 4.42 Å². The van der Waals surface area contributed by atoms with Gasteiger partial charge in [-0.15, -0.1) is 11.8 Å². The van der Waals surface area contributed by atoms with E-state index >= 15 is 0 Å². The molecule has 0 aliphatic carbocycles. The molecule has 0 fully saturated rings. The summed E-state index contributed by atoms with van der Waals surface area (Å²) in [6, 6.07) is 13.3. The fourth-order valence-corrected chi connectivity index (χ4v) is 2.54. The van der Waals surface area contributed by atoms with E-state index in [-0.39, 0.29) is 6.04 Å². The number of furan rings is 1. The highest BCUT2D eigenvalue weighted by molar-refractivity contribution is 7.98. The number of hydrogen-bond acceptors (Lipinski definition) is 3. The molecule has 0 saturated carbocycles. The minimum absolute atomic E-state index is 0.212. The SMILES string of the molecule is CSc1ccc(C(C)NC(C)c2ccc(C)o2)cc1. The molecule has 2 atom stereocenters. The predicted octanol–water partition coefficient (Wildman–Crippen LogP) is 4.72. The van der Waals surface area contributed by atoms with Gasteiger partial charge in [-0.05, 0) is 56.9 Å². The standard InChI is InChI=1S/C16H21NOS/c1-11-5-10-16(18-11)13(3)17-12(2)14-6-8-15(19-4)9-7-14/h5-10,12-13,17H,1-4H3. The van der Waals surface area contributed by atoms with Crippen LogP contribution < -0.4 is 5.32 Å². The van der Waals surface area contributed by atoms with Crippen molar-refractivity contribution in [2.24, 2.45) is 0 Å². The highest BCUT2D eigenvalue weighted by Crippen LogP contribution is 2.23. The summed E-state index contributed by atoms with van der Waals surface area (Å²) in [5.74, 6) is 1.95. The molecule has 2 aromatic rings. The summed E-state index contributed by atoms with van der Waals surface area (Å²) >= 11 is 1.77. The first-order valence-corrected chi connectivity index (χ1v) is 7.79. The number of hydrogen-bond donors (Lipinski definition) is 1. The third kappa shape index (κ3) is 3.64. The van der Waals surface area contributed by atoms with E-state index < -0.39 is 0 Å². The Bertz CT molecular complexity index is 518. The summed E-state index contributed by atoms with van der Waals surface area (Å²) in [6.45, 7) is 6.28. The lowest BCUT2D eigenvalue weighted by atomic mass is 10.1. The Labute approximate surface area is 119 Å². The van der Waals surface area contributed by atoms with Crippen LogP contribution in [0.4, 0.5) is 0 Å². The van der Waals surface area contributed by atoms with Gasteiger partial charge in [0.1, 0.15) is 11.5 Å². The smallest absolute Gasteiger partial charge is 0.120 e. The number of aryl methyl sites for hydroxylation is 1. The van der Waals surface area contributed by atoms with Gasteiger partial charge in [0.05, 0.1) is 6.04 Å². The molecule has 2 nitrogen and oxygen atoms in total. The van der Waals surface area contributed by atoms with Crippen LogP contribution in [-0.2, 0) is 0 Å². The molecule has 1 aromatic heterocycles. The van der Waals surface area contributed by atoms with Crippen LogP contribution in [0.25, 0.3) is 0 Å². The minimum atomic E-state index is 0.212. The van der Waals surface area contributed by atoms with E-state index in [1.807, 2.05) is 19.1 Å². The molecule has 0 aliphatic rings. The molecule has 102 valence electrons. The largest absolute Gasteiger partial charge is 0.465 e. The molecule has 0 radical (unpaired) electrons. The first kappa shape index (κ1) is 14.2. The Kier molecular flexibility index (Phi) is 4.72. The van der Waals surface area contributed by atoms with Crippen molar-refractivity contribution >= 4 is 11.8 Å². The van der Waals surface area contributed by atoms with Crippen molar-refractivity contribution in [3.05, 3.63) is 53.5 Å². The fourth-order valence-electron chi connectivity index (χ4n) is 2.13. The highest BCUT2D eigenvalue weighted by Gasteiger charge is 2.13. The Morgan fingerprint density at radius 1 is 1.00 bits per heavy atom. The van der Waals surface area contributed by atoms with Crippen molar-refractivity contribution in [2.45, 2.75) is 37.8 Å². The van der Waals surface area contributed by atoms with E-state index in [1.54, 1.807) is 11.8 Å². The fraction of sp³-hybridized carbons (Fsp3) is 0.375. The molecule has 0 spiro atoms. The maximum atomic E-state index is 5.65. The van der Waals surface area contributed by atoms with Gasteiger partial charge in [0.25, 0.3) is 0 Å². The van der Waals surface area contributed by atoms with Gasteiger partial charge in [-0.25, -0.2) is 0 Å². The third-order valence-corrected chi connectivity index (χ3v) is 4.05. The third-order valence-electron chi connectivity index (χ3n) is 3.30. The van der Waals surface area contributed by atoms with Crippen LogP contribution in [0.5, 0.6) is 0 Å². The molecular formula is C16H21NOS. The average molecular weight is 275 g/mol. The number of rotatable bonds is 5. The topological polar surface area (TPSA) is 25.2 Å². The molecule has 0 bridgehead atoms. The monoisotopic (exact) mass is 275 g/mol. The summed E-state index contributed by atoms with van der Waals surface area (Å²) in [4.78, 5) is 1.30. The zero-order valence-electron chi connectivity index (χ0n) is 11.9. The van der Waals surface area contributed by atoms with Gasteiger partial charge in [-0.2, -0.15) is 0 Å². The molecule has 2 unspecified atom stereocenters. The second-order valence-corrected chi connectivity index (χ2v) is 5.71. The predicted molar refractivity (Wildman–Crippen MR) is 81.6 cm³/mol. The molecule has 1 aromatic carbocycles. The first-order valence-electron chi connectivity index (χ1n) is 6.56. The Hall–Kier alpha value is -1.19. The van der Waals surface area contributed by atoms with Crippen LogP contribution in [0.3, 0.4) is 0 Å². The van der Waals surface area contributed by atoms with Crippen LogP contribution >= 0.6 is 11.8 Å². The Balaban J connectivity index is 2.01. The lowest BCUT2D eigenvalue weighted by Crippen LogP contribution is -2.22. The van der Waals surface area contributed by atoms with Crippen molar-refractivity contribution in [2.75, 3.05) is 6.26 Å². The molecule has 19 heavy (non-hydrogen) atoms. The van der Waals surface area contributed by atoms with E-state index in [0.29, 0.717) is 6.04 Å². The summed E-state index contributed by atoms with van der Waals surface area (Å²) in [7, 11) is 0. The molecule has 3 heteroatoms. The summed E-state index contributed by atoms with van der Waals surface area (Å²) in [5, 5.41) is 3.56. The van der Waals surface area contributed by atoms with Gasteiger partial charge in [0, 0.05) is 10.9 Å². The van der Waals surface area contributed by atoms with Crippen LogP contribution in [0.2, 0.25) is 0 Å². The van der Waals surface area contributed by atoms with Crippen LogP contribution in [-0.4, -0.2) is 6.26 Å². The van der Waals surface area contributed by atoms with Gasteiger partial charge in [-0.1, -0.05) is 12.1 Å². The Morgan fingerprint density at radius 3 is 2.21 bits per heavy atom. The summed E-state index contributed by atoms with van der Waals surface area (Å²) in [6.07, 6.45) is 2.10. The first-order chi connectivity index (χ1) is 9.10. The molecule has 0 aliphatic heterocycles. The minimum Gasteiger partial charge on any atom is -0.465 e. The zero-order chi connectivity index (χ0) is 13.8. The second-order valence-electron chi connectivity index (χ2n) is 4.83. The van der Waals surface area contributed by atoms with Crippen LogP contribution in [0.15, 0.2) is 45.7 Å². The van der Waals surface area contributed by atoms with E-state index in [0.717, 1.165) is 11.5 Å². The number of benzene rings is 1. The van der Waals surface area contributed by atoms with E-state index in [9.17, 15) is 0 Å². The quantitative estimate of drug-likeness (QED) is 0.799. The molecule has 0 amide bonds. The normalized spacial score (nSPS) is 14.3. The summed E-state index contributed by atoms with van der Waals surface area (Å²) in [5.41, 5.74) is 1.30. The lowest BCUT2D eigenvalue weighted by Gasteiger charge is -2.19.